The number of esters is 2. The van der Waals surface area contributed by atoms with Crippen LogP contribution in [0.3, 0.4) is 0 Å². The number of hydrogen-bond donors (Lipinski definition) is 1. The van der Waals surface area contributed by atoms with E-state index < -0.39 is 30.4 Å². The van der Waals surface area contributed by atoms with E-state index in [9.17, 15) is 19.2 Å². The number of benzene rings is 2. The summed E-state index contributed by atoms with van der Waals surface area (Å²) in [4.78, 5) is 50.1. The van der Waals surface area contributed by atoms with Crippen molar-refractivity contribution in [3.05, 3.63) is 48.0 Å². The van der Waals surface area contributed by atoms with Crippen LogP contribution in [0.4, 0.5) is 11.4 Å². The van der Waals surface area contributed by atoms with Crippen molar-refractivity contribution >= 4 is 35.1 Å². The first-order valence-corrected chi connectivity index (χ1v) is 10.0. The summed E-state index contributed by atoms with van der Waals surface area (Å²) < 4.78 is 20.1. The second kappa shape index (κ2) is 10.5. The molecule has 0 aliphatic carbocycles. The van der Waals surface area contributed by atoms with Gasteiger partial charge in [-0.25, -0.2) is 4.79 Å². The maximum absolute atomic E-state index is 12.4. The molecule has 1 aliphatic rings. The molecule has 1 atom stereocenters. The zero-order valence-corrected chi connectivity index (χ0v) is 18.5. The van der Waals surface area contributed by atoms with E-state index in [1.165, 1.54) is 38.4 Å². The van der Waals surface area contributed by atoms with Crippen molar-refractivity contribution in [3.63, 3.8) is 0 Å². The van der Waals surface area contributed by atoms with Gasteiger partial charge in [-0.3, -0.25) is 14.4 Å². The van der Waals surface area contributed by atoms with Crippen LogP contribution in [0, 0.1) is 5.92 Å². The number of carbonyl (C=O) groups is 4. The number of methoxy groups -OCH3 is 3. The van der Waals surface area contributed by atoms with Gasteiger partial charge < -0.3 is 29.2 Å². The molecule has 1 aliphatic heterocycles. The van der Waals surface area contributed by atoms with Crippen molar-refractivity contribution in [3.8, 4) is 11.5 Å². The molecule has 174 valence electrons. The second-order valence-corrected chi connectivity index (χ2v) is 7.17. The lowest BCUT2D eigenvalue weighted by molar-refractivity contribution is -0.151. The maximum atomic E-state index is 12.4. The van der Waals surface area contributed by atoms with Gasteiger partial charge >= 0.3 is 11.9 Å². The minimum absolute atomic E-state index is 0.0388. The number of rotatable bonds is 8. The fraction of sp³-hybridized carbons (Fsp3) is 0.304. The number of anilines is 2. The zero-order chi connectivity index (χ0) is 24.0. The monoisotopic (exact) mass is 456 g/mol. The summed E-state index contributed by atoms with van der Waals surface area (Å²) in [7, 11) is 4.24. The Labute approximate surface area is 190 Å². The lowest BCUT2D eigenvalue weighted by Gasteiger charge is -2.17. The van der Waals surface area contributed by atoms with Gasteiger partial charge in [-0.05, 0) is 36.4 Å². The topological polar surface area (TPSA) is 120 Å². The molecule has 0 radical (unpaired) electrons. The van der Waals surface area contributed by atoms with Crippen LogP contribution in [-0.4, -0.2) is 58.2 Å². The first-order valence-electron chi connectivity index (χ1n) is 10.0. The number of carbonyl (C=O) groups excluding carboxylic acids is 4. The molecule has 1 N–H and O–H groups in total. The maximum Gasteiger partial charge on any atom is 0.337 e. The molecule has 0 aromatic heterocycles. The molecule has 1 saturated heterocycles. The Balaban J connectivity index is 1.55. The molecule has 0 unspecified atom stereocenters. The summed E-state index contributed by atoms with van der Waals surface area (Å²) in [6, 6.07) is 11.2. The lowest BCUT2D eigenvalue weighted by atomic mass is 10.1. The summed E-state index contributed by atoms with van der Waals surface area (Å²) in [6.07, 6.45) is -0.0388. The molecule has 2 aromatic rings. The fourth-order valence-electron chi connectivity index (χ4n) is 3.36. The van der Waals surface area contributed by atoms with E-state index in [4.69, 9.17) is 14.2 Å². The van der Waals surface area contributed by atoms with Gasteiger partial charge in [0.05, 0.1) is 38.5 Å². The van der Waals surface area contributed by atoms with Gasteiger partial charge in [0, 0.05) is 24.7 Å². The average Bonchev–Trinajstić information content (AvgIpc) is 3.23. The predicted molar refractivity (Wildman–Crippen MR) is 117 cm³/mol. The van der Waals surface area contributed by atoms with E-state index in [0.717, 1.165) is 0 Å². The molecular formula is C23H24N2O8. The van der Waals surface area contributed by atoms with Crippen molar-refractivity contribution in [1.82, 2.24) is 0 Å². The van der Waals surface area contributed by atoms with Crippen LogP contribution >= 0.6 is 0 Å². The normalized spacial score (nSPS) is 15.1. The molecule has 3 rings (SSSR count). The van der Waals surface area contributed by atoms with Crippen LogP contribution in [0.15, 0.2) is 42.5 Å². The molecule has 0 spiro atoms. The van der Waals surface area contributed by atoms with E-state index in [-0.39, 0.29) is 18.9 Å². The molecule has 0 saturated carbocycles. The highest BCUT2D eigenvalue weighted by atomic mass is 16.5. The van der Waals surface area contributed by atoms with E-state index in [2.05, 4.69) is 10.1 Å². The number of ether oxygens (including phenoxy) is 4. The van der Waals surface area contributed by atoms with Crippen molar-refractivity contribution in [2.75, 3.05) is 44.7 Å². The third kappa shape index (κ3) is 5.59. The standard InChI is InChI=1S/C23H24N2O8/c1-30-17-8-9-19(31-2)18(11-17)24-20(26)13-33-23(29)15-10-21(27)25(12-15)16-6-4-14(5-7-16)22(28)32-3/h4-9,11,15H,10,12-13H2,1-3H3,(H,24,26)/t15-/m0/s1. The Morgan fingerprint density at radius 1 is 1.03 bits per heavy atom. The predicted octanol–water partition coefficient (Wildman–Crippen LogP) is 2.03. The van der Waals surface area contributed by atoms with Crippen molar-refractivity contribution < 1.29 is 38.1 Å². The summed E-state index contributed by atoms with van der Waals surface area (Å²) in [5, 5.41) is 2.61. The Hall–Kier alpha value is -4.08. The highest BCUT2D eigenvalue weighted by Gasteiger charge is 2.36. The SMILES string of the molecule is COC(=O)c1ccc(N2C[C@@H](C(=O)OCC(=O)Nc3cc(OC)ccc3OC)CC2=O)cc1. The van der Waals surface area contributed by atoms with Gasteiger partial charge in [0.1, 0.15) is 11.5 Å². The molecule has 1 heterocycles. The summed E-state index contributed by atoms with van der Waals surface area (Å²) in [5.41, 5.74) is 1.27. The Morgan fingerprint density at radius 3 is 2.39 bits per heavy atom. The van der Waals surface area contributed by atoms with Crippen LogP contribution in [0.5, 0.6) is 11.5 Å². The molecule has 10 heteroatoms. The van der Waals surface area contributed by atoms with E-state index in [1.807, 2.05) is 0 Å². The second-order valence-electron chi connectivity index (χ2n) is 7.17. The Kier molecular flexibility index (Phi) is 7.50. The van der Waals surface area contributed by atoms with Crippen molar-refractivity contribution in [1.29, 1.82) is 0 Å². The highest BCUT2D eigenvalue weighted by molar-refractivity contribution is 6.00. The van der Waals surface area contributed by atoms with Gasteiger partial charge in [-0.2, -0.15) is 0 Å². The van der Waals surface area contributed by atoms with Crippen LogP contribution in [0.2, 0.25) is 0 Å². The number of nitrogens with zero attached hydrogens (tertiary/aromatic N) is 1. The van der Waals surface area contributed by atoms with Crippen LogP contribution in [0.25, 0.3) is 0 Å². The smallest absolute Gasteiger partial charge is 0.337 e. The Bertz CT molecular complexity index is 1050. The molecule has 2 aromatic carbocycles. The molecular weight excluding hydrogens is 432 g/mol. The average molecular weight is 456 g/mol. The summed E-state index contributed by atoms with van der Waals surface area (Å²) >= 11 is 0. The van der Waals surface area contributed by atoms with E-state index >= 15 is 0 Å². The van der Waals surface area contributed by atoms with Crippen LogP contribution in [-0.2, 0) is 23.9 Å². The summed E-state index contributed by atoms with van der Waals surface area (Å²) in [6.45, 7) is -0.404. The number of hydrogen-bond acceptors (Lipinski definition) is 8. The first kappa shape index (κ1) is 23.6. The number of nitrogens with one attached hydrogen (secondary N) is 1. The molecule has 10 nitrogen and oxygen atoms in total. The molecule has 33 heavy (non-hydrogen) atoms. The van der Waals surface area contributed by atoms with Crippen molar-refractivity contribution in [2.45, 2.75) is 6.42 Å². The third-order valence-electron chi connectivity index (χ3n) is 5.08. The van der Waals surface area contributed by atoms with Crippen molar-refractivity contribution in [2.24, 2.45) is 5.92 Å². The minimum Gasteiger partial charge on any atom is -0.497 e. The molecule has 0 bridgehead atoms. The quantitative estimate of drug-likeness (QED) is 0.599. The highest BCUT2D eigenvalue weighted by Crippen LogP contribution is 2.29. The fourth-order valence-corrected chi connectivity index (χ4v) is 3.36. The van der Waals surface area contributed by atoms with Gasteiger partial charge in [-0.15, -0.1) is 0 Å². The van der Waals surface area contributed by atoms with Gasteiger partial charge in [0.2, 0.25) is 5.91 Å². The van der Waals surface area contributed by atoms with E-state index in [1.54, 1.807) is 30.3 Å². The van der Waals surface area contributed by atoms with E-state index in [0.29, 0.717) is 28.4 Å². The Morgan fingerprint density at radius 2 is 1.76 bits per heavy atom. The number of amides is 2. The largest absolute Gasteiger partial charge is 0.497 e. The van der Waals surface area contributed by atoms with Gasteiger partial charge in [0.25, 0.3) is 5.91 Å². The third-order valence-corrected chi connectivity index (χ3v) is 5.08. The van der Waals surface area contributed by atoms with Gasteiger partial charge in [0.15, 0.2) is 6.61 Å². The molecule has 1 fully saturated rings. The van der Waals surface area contributed by atoms with Gasteiger partial charge in [-0.1, -0.05) is 0 Å². The minimum atomic E-state index is -0.711. The lowest BCUT2D eigenvalue weighted by Crippen LogP contribution is -2.28. The zero-order valence-electron chi connectivity index (χ0n) is 18.5. The van der Waals surface area contributed by atoms with Crippen LogP contribution in [0.1, 0.15) is 16.8 Å². The van der Waals surface area contributed by atoms with Crippen LogP contribution < -0.4 is 19.7 Å². The molecule has 2 amide bonds. The summed E-state index contributed by atoms with van der Waals surface area (Å²) in [5.74, 6) is -1.72. The first-order chi connectivity index (χ1) is 15.9.